The highest BCUT2D eigenvalue weighted by atomic mass is 19.1. The molecule has 0 unspecified atom stereocenters. The first kappa shape index (κ1) is 9.69. The molecule has 0 atom stereocenters. The molecule has 1 aromatic rings. The zero-order chi connectivity index (χ0) is 9.52. The highest BCUT2D eigenvalue weighted by Crippen LogP contribution is 1.98. The van der Waals surface area contributed by atoms with E-state index < -0.39 is 0 Å². The van der Waals surface area contributed by atoms with Gasteiger partial charge in [0.2, 0.25) is 0 Å². The topological polar surface area (TPSA) is 38.9 Å². The highest BCUT2D eigenvalue weighted by Gasteiger charge is 1.90. The maximum atomic E-state index is 12.6. The second-order valence-corrected chi connectivity index (χ2v) is 2.59. The number of aromatic nitrogens is 1. The van der Waals surface area contributed by atoms with Crippen LogP contribution in [0.1, 0.15) is 18.4 Å². The number of hydrogen-bond donors (Lipinski definition) is 1. The molecule has 0 aliphatic rings. The van der Waals surface area contributed by atoms with Crippen molar-refractivity contribution in [2.24, 2.45) is 5.73 Å². The zero-order valence-corrected chi connectivity index (χ0v) is 7.26. The average Bonchev–Trinajstić information content (AvgIpc) is 2.13. The lowest BCUT2D eigenvalue weighted by Crippen LogP contribution is -1.96. The molecule has 0 saturated carbocycles. The summed E-state index contributed by atoms with van der Waals surface area (Å²) in [6.45, 7) is 0.635. The molecule has 13 heavy (non-hydrogen) atoms. The molecule has 0 aliphatic carbocycles. The van der Waals surface area contributed by atoms with Gasteiger partial charge in [-0.3, -0.25) is 4.98 Å². The number of halogens is 1. The molecule has 0 radical (unpaired) electrons. The van der Waals surface area contributed by atoms with Crippen LogP contribution in [-0.4, -0.2) is 11.5 Å². The first-order valence-electron chi connectivity index (χ1n) is 4.12. The Morgan fingerprint density at radius 2 is 2.31 bits per heavy atom. The Hall–Kier alpha value is -1.40. The van der Waals surface area contributed by atoms with Crippen molar-refractivity contribution in [1.82, 2.24) is 4.98 Å². The molecule has 0 bridgehead atoms. The smallest absolute Gasteiger partial charge is 0.142 e. The van der Waals surface area contributed by atoms with Crippen LogP contribution in [-0.2, 0) is 0 Å². The van der Waals surface area contributed by atoms with Crippen LogP contribution in [0.4, 0.5) is 4.39 Å². The number of nitrogens with two attached hydrogens (primary N) is 1. The summed E-state index contributed by atoms with van der Waals surface area (Å²) < 4.78 is 12.6. The van der Waals surface area contributed by atoms with Crippen LogP contribution >= 0.6 is 0 Å². The van der Waals surface area contributed by atoms with Gasteiger partial charge in [0.1, 0.15) is 5.82 Å². The summed E-state index contributed by atoms with van der Waals surface area (Å²) in [5.74, 6) is 5.35. The summed E-state index contributed by atoms with van der Waals surface area (Å²) in [5.41, 5.74) is 5.90. The normalized spacial score (nSPS) is 9.08. The van der Waals surface area contributed by atoms with Crippen molar-refractivity contribution in [3.63, 3.8) is 0 Å². The average molecular weight is 178 g/mol. The van der Waals surface area contributed by atoms with Crippen molar-refractivity contribution in [2.75, 3.05) is 6.54 Å². The van der Waals surface area contributed by atoms with Gasteiger partial charge in [0, 0.05) is 18.2 Å². The molecule has 0 spiro atoms. The van der Waals surface area contributed by atoms with Gasteiger partial charge in [0.15, 0.2) is 0 Å². The van der Waals surface area contributed by atoms with Gasteiger partial charge in [0.25, 0.3) is 0 Å². The lowest BCUT2D eigenvalue weighted by atomic mass is 10.2. The van der Waals surface area contributed by atoms with Gasteiger partial charge in [-0.05, 0) is 19.0 Å². The van der Waals surface area contributed by atoms with E-state index in [4.69, 9.17) is 5.73 Å². The molecule has 0 amide bonds. The molecule has 0 saturated heterocycles. The van der Waals surface area contributed by atoms with Crippen molar-refractivity contribution < 1.29 is 4.39 Å². The molecule has 0 aliphatic heterocycles. The summed E-state index contributed by atoms with van der Waals surface area (Å²) in [6.07, 6.45) is 4.31. The lowest BCUT2D eigenvalue weighted by molar-refractivity contribution is 0.621. The molecule has 0 fully saturated rings. The Bertz CT molecular complexity index is 325. The van der Waals surface area contributed by atoms with Crippen LogP contribution in [0.25, 0.3) is 0 Å². The van der Waals surface area contributed by atoms with E-state index in [9.17, 15) is 4.39 Å². The fourth-order valence-electron chi connectivity index (χ4n) is 0.835. The van der Waals surface area contributed by atoms with Crippen LogP contribution in [0.3, 0.4) is 0 Å². The van der Waals surface area contributed by atoms with E-state index in [1.807, 2.05) is 0 Å². The summed E-state index contributed by atoms with van der Waals surface area (Å²) in [4.78, 5) is 3.68. The van der Waals surface area contributed by atoms with Gasteiger partial charge in [0.05, 0.1) is 6.20 Å². The van der Waals surface area contributed by atoms with E-state index >= 15 is 0 Å². The number of unbranched alkanes of at least 4 members (excludes halogenated alkanes) is 1. The van der Waals surface area contributed by atoms with E-state index in [0.29, 0.717) is 12.1 Å². The SMILES string of the molecule is NCCCC#Cc1cncc(F)c1. The molecular formula is C10H11FN2. The van der Waals surface area contributed by atoms with Crippen LogP contribution in [0.15, 0.2) is 18.5 Å². The fourth-order valence-corrected chi connectivity index (χ4v) is 0.835. The monoisotopic (exact) mass is 178 g/mol. The van der Waals surface area contributed by atoms with E-state index in [0.717, 1.165) is 19.0 Å². The Morgan fingerprint density at radius 1 is 1.46 bits per heavy atom. The number of pyridine rings is 1. The third-order valence-electron chi connectivity index (χ3n) is 1.44. The van der Waals surface area contributed by atoms with Crippen LogP contribution < -0.4 is 5.73 Å². The summed E-state index contributed by atoms with van der Waals surface area (Å²) in [5, 5.41) is 0. The first-order valence-corrected chi connectivity index (χ1v) is 4.12. The predicted molar refractivity (Wildman–Crippen MR) is 49.4 cm³/mol. The van der Waals surface area contributed by atoms with Crippen LogP contribution in [0.2, 0.25) is 0 Å². The molecule has 1 heterocycles. The lowest BCUT2D eigenvalue weighted by Gasteiger charge is -1.89. The maximum Gasteiger partial charge on any atom is 0.142 e. The van der Waals surface area contributed by atoms with Gasteiger partial charge < -0.3 is 5.73 Å². The quantitative estimate of drug-likeness (QED) is 0.547. The van der Waals surface area contributed by atoms with Crippen molar-refractivity contribution in [3.8, 4) is 11.8 Å². The molecule has 2 N–H and O–H groups in total. The van der Waals surface area contributed by atoms with E-state index in [1.54, 1.807) is 6.20 Å². The van der Waals surface area contributed by atoms with E-state index in [-0.39, 0.29) is 5.82 Å². The molecule has 2 nitrogen and oxygen atoms in total. The maximum absolute atomic E-state index is 12.6. The molecule has 68 valence electrons. The van der Waals surface area contributed by atoms with Crippen molar-refractivity contribution >= 4 is 0 Å². The predicted octanol–water partition coefficient (Wildman–Crippen LogP) is 1.31. The Morgan fingerprint density at radius 3 is 3.00 bits per heavy atom. The molecule has 1 rings (SSSR count). The Kier molecular flexibility index (Phi) is 3.94. The minimum absolute atomic E-state index is 0.356. The van der Waals surface area contributed by atoms with Crippen LogP contribution in [0.5, 0.6) is 0 Å². The zero-order valence-electron chi connectivity index (χ0n) is 7.26. The standard InChI is InChI=1S/C10H11FN2/c11-10-6-9(7-13-8-10)4-2-1-3-5-12/h6-8H,1,3,5,12H2. The molecular weight excluding hydrogens is 167 g/mol. The molecule has 1 aromatic heterocycles. The van der Waals surface area contributed by atoms with E-state index in [2.05, 4.69) is 16.8 Å². The first-order chi connectivity index (χ1) is 6.33. The van der Waals surface area contributed by atoms with E-state index in [1.165, 1.54) is 6.07 Å². The van der Waals surface area contributed by atoms with Gasteiger partial charge in [-0.15, -0.1) is 0 Å². The third-order valence-corrected chi connectivity index (χ3v) is 1.44. The summed E-state index contributed by atoms with van der Waals surface area (Å²) in [6, 6.07) is 1.36. The van der Waals surface area contributed by atoms with Gasteiger partial charge in [-0.1, -0.05) is 11.8 Å². The van der Waals surface area contributed by atoms with Crippen molar-refractivity contribution in [1.29, 1.82) is 0 Å². The second-order valence-electron chi connectivity index (χ2n) is 2.59. The Labute approximate surface area is 77.0 Å². The number of hydrogen-bond acceptors (Lipinski definition) is 2. The third kappa shape index (κ3) is 3.68. The van der Waals surface area contributed by atoms with Gasteiger partial charge in [-0.2, -0.15) is 0 Å². The minimum Gasteiger partial charge on any atom is -0.330 e. The minimum atomic E-state index is -0.356. The van der Waals surface area contributed by atoms with Gasteiger partial charge in [-0.25, -0.2) is 4.39 Å². The fraction of sp³-hybridized carbons (Fsp3) is 0.300. The highest BCUT2D eigenvalue weighted by molar-refractivity contribution is 5.31. The number of rotatable bonds is 2. The molecule has 3 heteroatoms. The van der Waals surface area contributed by atoms with Gasteiger partial charge >= 0.3 is 0 Å². The van der Waals surface area contributed by atoms with Crippen LogP contribution in [0, 0.1) is 17.7 Å². The number of nitrogens with zero attached hydrogens (tertiary/aromatic N) is 1. The summed E-state index contributed by atoms with van der Waals surface area (Å²) >= 11 is 0. The Balaban J connectivity index is 2.56. The largest absolute Gasteiger partial charge is 0.330 e. The molecule has 0 aromatic carbocycles. The second kappa shape index (κ2) is 5.28. The van der Waals surface area contributed by atoms with Crippen molar-refractivity contribution in [2.45, 2.75) is 12.8 Å². The van der Waals surface area contributed by atoms with Crippen molar-refractivity contribution in [3.05, 3.63) is 29.8 Å². The summed E-state index contributed by atoms with van der Waals surface area (Å²) in [7, 11) is 0.